The lowest BCUT2D eigenvalue weighted by Gasteiger charge is -2.18. The highest BCUT2D eigenvalue weighted by Crippen LogP contribution is 2.19. The summed E-state index contributed by atoms with van der Waals surface area (Å²) >= 11 is 7.00. The Bertz CT molecular complexity index is 648. The van der Waals surface area contributed by atoms with Crippen LogP contribution in [0.25, 0.3) is 0 Å². The van der Waals surface area contributed by atoms with E-state index in [0.29, 0.717) is 11.7 Å². The Morgan fingerprint density at radius 1 is 0.650 bits per heavy atom. The number of halogens is 2. The second-order valence-electron chi connectivity index (χ2n) is 4.11. The summed E-state index contributed by atoms with van der Waals surface area (Å²) in [6.07, 6.45) is 0. The summed E-state index contributed by atoms with van der Waals surface area (Å²) in [5, 5.41) is 8.48. The highest BCUT2D eigenvalue weighted by molar-refractivity contribution is 9.10. The predicted molar refractivity (Wildman–Crippen MR) is 87.6 cm³/mol. The summed E-state index contributed by atoms with van der Waals surface area (Å²) in [5.41, 5.74) is 8.05. The molecule has 1 heterocycles. The van der Waals surface area contributed by atoms with E-state index >= 15 is 0 Å². The average molecular weight is 394 g/mol. The number of hydrogen-bond donors (Lipinski definition) is 2. The Labute approximate surface area is 133 Å². The van der Waals surface area contributed by atoms with Gasteiger partial charge in [0.2, 0.25) is 0 Å². The van der Waals surface area contributed by atoms with Crippen LogP contribution >= 0.6 is 31.9 Å². The molecule has 0 radical (unpaired) electrons. The van der Waals surface area contributed by atoms with E-state index < -0.39 is 0 Å². The zero-order valence-corrected chi connectivity index (χ0v) is 13.4. The largest absolute Gasteiger partial charge is 0.281 e. The first-order chi connectivity index (χ1) is 9.75. The third-order valence-corrected chi connectivity index (χ3v) is 4.19. The molecule has 0 amide bonds. The third kappa shape index (κ3) is 2.62. The maximum atomic E-state index is 4.24. The fourth-order valence-electron chi connectivity index (χ4n) is 1.82. The molecular formula is C14H10Br2N4. The summed E-state index contributed by atoms with van der Waals surface area (Å²) < 4.78 is 1.93. The van der Waals surface area contributed by atoms with Crippen molar-refractivity contribution < 1.29 is 0 Å². The van der Waals surface area contributed by atoms with Gasteiger partial charge in [0, 0.05) is 20.1 Å². The van der Waals surface area contributed by atoms with Crippen LogP contribution in [0.4, 0.5) is 0 Å². The molecule has 4 nitrogen and oxygen atoms in total. The summed E-state index contributed by atoms with van der Waals surface area (Å²) in [7, 11) is 0. The fraction of sp³-hybridized carbons (Fsp3) is 0. The molecular weight excluding hydrogens is 384 g/mol. The van der Waals surface area contributed by atoms with Crippen LogP contribution in [0, 0.1) is 0 Å². The quantitative estimate of drug-likeness (QED) is 0.821. The van der Waals surface area contributed by atoms with E-state index in [4.69, 9.17) is 0 Å². The molecule has 100 valence electrons. The van der Waals surface area contributed by atoms with Crippen molar-refractivity contribution in [2.75, 3.05) is 0 Å². The zero-order valence-electron chi connectivity index (χ0n) is 10.3. The van der Waals surface area contributed by atoms with Crippen LogP contribution in [0.2, 0.25) is 0 Å². The molecule has 2 aromatic rings. The topological polar surface area (TPSA) is 48.8 Å². The van der Waals surface area contributed by atoms with Gasteiger partial charge in [0.25, 0.3) is 0 Å². The summed E-state index contributed by atoms with van der Waals surface area (Å²) in [4.78, 5) is 0. The molecule has 1 aliphatic heterocycles. The predicted octanol–water partition coefficient (Wildman–Crippen LogP) is 3.43. The second kappa shape index (κ2) is 5.76. The van der Waals surface area contributed by atoms with Gasteiger partial charge in [0.15, 0.2) is 11.7 Å². The van der Waals surface area contributed by atoms with Gasteiger partial charge >= 0.3 is 0 Å². The van der Waals surface area contributed by atoms with Gasteiger partial charge in [-0.3, -0.25) is 10.9 Å². The van der Waals surface area contributed by atoms with Gasteiger partial charge in [-0.15, -0.1) is 10.2 Å². The van der Waals surface area contributed by atoms with E-state index in [1.54, 1.807) is 0 Å². The summed E-state index contributed by atoms with van der Waals surface area (Å²) in [6, 6.07) is 15.7. The van der Waals surface area contributed by atoms with E-state index in [9.17, 15) is 0 Å². The number of nitrogens with one attached hydrogen (secondary N) is 2. The lowest BCUT2D eigenvalue weighted by atomic mass is 10.2. The lowest BCUT2D eigenvalue weighted by Crippen LogP contribution is -2.45. The number of hydrazine groups is 1. The Balaban J connectivity index is 1.94. The zero-order chi connectivity index (χ0) is 13.9. The first-order valence-corrected chi connectivity index (χ1v) is 7.52. The molecule has 20 heavy (non-hydrogen) atoms. The minimum atomic E-state index is 0.674. The van der Waals surface area contributed by atoms with Crippen molar-refractivity contribution >= 4 is 43.5 Å². The first-order valence-electron chi connectivity index (χ1n) is 5.93. The third-order valence-electron chi connectivity index (χ3n) is 2.81. The smallest absolute Gasteiger partial charge is 0.175 e. The van der Waals surface area contributed by atoms with Crippen LogP contribution in [-0.2, 0) is 0 Å². The van der Waals surface area contributed by atoms with Crippen LogP contribution < -0.4 is 10.9 Å². The van der Waals surface area contributed by atoms with E-state index in [2.05, 4.69) is 52.9 Å². The van der Waals surface area contributed by atoms with E-state index in [1.165, 1.54) is 0 Å². The molecule has 0 atom stereocenters. The number of amidine groups is 2. The molecule has 0 aliphatic carbocycles. The standard InChI is InChI=1S/C14H10Br2N4/c15-11-7-3-1-5-9(11)13-17-19-14(20-18-13)10-6-2-4-8-12(10)16/h1-8H,(H,17,18)(H,19,20). The maximum Gasteiger partial charge on any atom is 0.175 e. The van der Waals surface area contributed by atoms with Crippen molar-refractivity contribution in [3.8, 4) is 0 Å². The number of hydrogen-bond acceptors (Lipinski definition) is 4. The minimum absolute atomic E-state index is 0.674. The van der Waals surface area contributed by atoms with Gasteiger partial charge in [-0.05, 0) is 12.1 Å². The van der Waals surface area contributed by atoms with E-state index in [-0.39, 0.29) is 0 Å². The van der Waals surface area contributed by atoms with Gasteiger partial charge in [0.1, 0.15) is 0 Å². The second-order valence-corrected chi connectivity index (χ2v) is 5.82. The molecule has 6 heteroatoms. The van der Waals surface area contributed by atoms with Gasteiger partial charge < -0.3 is 0 Å². The molecule has 3 rings (SSSR count). The molecule has 2 aromatic carbocycles. The SMILES string of the molecule is Brc1ccccc1C1=NN=C(c2ccccc2Br)NN1. The molecule has 2 N–H and O–H groups in total. The molecule has 0 aromatic heterocycles. The van der Waals surface area contributed by atoms with Gasteiger partial charge in [0.05, 0.1) is 0 Å². The lowest BCUT2D eigenvalue weighted by molar-refractivity contribution is 0.824. The normalized spacial score (nSPS) is 13.9. The summed E-state index contributed by atoms with van der Waals surface area (Å²) in [5.74, 6) is 1.35. The fourth-order valence-corrected chi connectivity index (χ4v) is 2.76. The van der Waals surface area contributed by atoms with Crippen LogP contribution in [0.5, 0.6) is 0 Å². The van der Waals surface area contributed by atoms with Crippen LogP contribution in [0.1, 0.15) is 11.1 Å². The van der Waals surface area contributed by atoms with Crippen molar-refractivity contribution in [1.29, 1.82) is 0 Å². The molecule has 0 fully saturated rings. The Kier molecular flexibility index (Phi) is 3.84. The number of rotatable bonds is 2. The Morgan fingerprint density at radius 3 is 1.40 bits per heavy atom. The maximum absolute atomic E-state index is 4.24. The molecule has 0 bridgehead atoms. The summed E-state index contributed by atoms with van der Waals surface area (Å²) in [6.45, 7) is 0. The molecule has 1 aliphatic rings. The average Bonchev–Trinajstić information content (AvgIpc) is 2.49. The Hall–Kier alpha value is -1.66. The monoisotopic (exact) mass is 392 g/mol. The number of nitrogens with zero attached hydrogens (tertiary/aromatic N) is 2. The molecule has 0 saturated heterocycles. The molecule has 0 saturated carbocycles. The van der Waals surface area contributed by atoms with Gasteiger partial charge in [-0.2, -0.15) is 0 Å². The molecule has 0 spiro atoms. The minimum Gasteiger partial charge on any atom is -0.281 e. The van der Waals surface area contributed by atoms with Gasteiger partial charge in [-0.25, -0.2) is 0 Å². The molecule has 0 unspecified atom stereocenters. The van der Waals surface area contributed by atoms with Crippen molar-refractivity contribution in [3.05, 3.63) is 68.6 Å². The highest BCUT2D eigenvalue weighted by atomic mass is 79.9. The van der Waals surface area contributed by atoms with Crippen LogP contribution in [0.15, 0.2) is 67.7 Å². The van der Waals surface area contributed by atoms with Crippen LogP contribution in [0.3, 0.4) is 0 Å². The van der Waals surface area contributed by atoms with Gasteiger partial charge in [-0.1, -0.05) is 68.3 Å². The van der Waals surface area contributed by atoms with Crippen molar-refractivity contribution in [1.82, 2.24) is 10.9 Å². The first kappa shape index (κ1) is 13.3. The van der Waals surface area contributed by atoms with Crippen molar-refractivity contribution in [2.45, 2.75) is 0 Å². The van der Waals surface area contributed by atoms with E-state index in [0.717, 1.165) is 20.1 Å². The van der Waals surface area contributed by atoms with Crippen molar-refractivity contribution in [3.63, 3.8) is 0 Å². The Morgan fingerprint density at radius 2 is 1.05 bits per heavy atom. The van der Waals surface area contributed by atoms with Crippen molar-refractivity contribution in [2.24, 2.45) is 10.2 Å². The number of benzene rings is 2. The van der Waals surface area contributed by atoms with Crippen LogP contribution in [-0.4, -0.2) is 11.7 Å². The highest BCUT2D eigenvalue weighted by Gasteiger charge is 2.14. The van der Waals surface area contributed by atoms with E-state index in [1.807, 2.05) is 48.5 Å².